The Morgan fingerprint density at radius 3 is 2.89 bits per heavy atom. The molecule has 1 unspecified atom stereocenters. The second kappa shape index (κ2) is 5.75. The standard InChI is InChI=1S/C14H16N2OS2/c17-14(15-10-11-4-2-8-18-11)16-7-1-5-12(16)13-6-3-9-19-13/h2-4,6,8-9,12H,1,5,7,10H2,(H,15,17). The molecule has 0 aromatic carbocycles. The number of nitrogens with one attached hydrogen (secondary N) is 1. The van der Waals surface area contributed by atoms with Gasteiger partial charge in [0.1, 0.15) is 0 Å². The van der Waals surface area contributed by atoms with E-state index in [1.807, 2.05) is 22.4 Å². The van der Waals surface area contributed by atoms with Gasteiger partial charge < -0.3 is 10.2 Å². The van der Waals surface area contributed by atoms with Crippen LogP contribution in [0.5, 0.6) is 0 Å². The van der Waals surface area contributed by atoms with Crippen LogP contribution in [-0.2, 0) is 6.54 Å². The number of urea groups is 1. The van der Waals surface area contributed by atoms with E-state index in [9.17, 15) is 4.79 Å². The second-order valence-corrected chi connectivity index (χ2v) is 6.62. The van der Waals surface area contributed by atoms with Crippen molar-refractivity contribution in [3.8, 4) is 0 Å². The predicted molar refractivity (Wildman–Crippen MR) is 79.6 cm³/mol. The van der Waals surface area contributed by atoms with E-state index in [2.05, 4.69) is 22.8 Å². The SMILES string of the molecule is O=C(NCc1cccs1)N1CCCC1c1cccs1. The van der Waals surface area contributed by atoms with Gasteiger partial charge in [-0.05, 0) is 35.7 Å². The van der Waals surface area contributed by atoms with Crippen LogP contribution in [-0.4, -0.2) is 17.5 Å². The highest BCUT2D eigenvalue weighted by atomic mass is 32.1. The number of thiophene rings is 2. The highest BCUT2D eigenvalue weighted by molar-refractivity contribution is 7.10. The molecule has 1 fully saturated rings. The van der Waals surface area contributed by atoms with Crippen molar-refractivity contribution in [1.82, 2.24) is 10.2 Å². The Hall–Kier alpha value is -1.33. The third kappa shape index (κ3) is 2.82. The van der Waals surface area contributed by atoms with Gasteiger partial charge in [-0.15, -0.1) is 22.7 Å². The van der Waals surface area contributed by atoms with Crippen LogP contribution < -0.4 is 5.32 Å². The summed E-state index contributed by atoms with van der Waals surface area (Å²) < 4.78 is 0. The van der Waals surface area contributed by atoms with E-state index in [1.165, 1.54) is 9.75 Å². The van der Waals surface area contributed by atoms with Gasteiger partial charge >= 0.3 is 6.03 Å². The van der Waals surface area contributed by atoms with E-state index >= 15 is 0 Å². The fraction of sp³-hybridized carbons (Fsp3) is 0.357. The van der Waals surface area contributed by atoms with Crippen molar-refractivity contribution >= 4 is 28.7 Å². The lowest BCUT2D eigenvalue weighted by molar-refractivity contribution is 0.193. The molecule has 1 aliphatic rings. The summed E-state index contributed by atoms with van der Waals surface area (Å²) in [5.41, 5.74) is 0. The van der Waals surface area contributed by atoms with Gasteiger partial charge in [0.15, 0.2) is 0 Å². The van der Waals surface area contributed by atoms with Crippen molar-refractivity contribution < 1.29 is 4.79 Å². The zero-order valence-electron chi connectivity index (χ0n) is 10.5. The number of carbonyl (C=O) groups is 1. The molecule has 2 aromatic heterocycles. The first-order chi connectivity index (χ1) is 9.34. The minimum absolute atomic E-state index is 0.0595. The lowest BCUT2D eigenvalue weighted by Crippen LogP contribution is -2.38. The van der Waals surface area contributed by atoms with Gasteiger partial charge in [-0.25, -0.2) is 4.79 Å². The van der Waals surface area contributed by atoms with Gasteiger partial charge in [-0.2, -0.15) is 0 Å². The number of likely N-dealkylation sites (tertiary alicyclic amines) is 1. The molecule has 3 nitrogen and oxygen atoms in total. The van der Waals surface area contributed by atoms with Crippen molar-refractivity contribution in [3.63, 3.8) is 0 Å². The molecule has 0 spiro atoms. The zero-order valence-corrected chi connectivity index (χ0v) is 12.2. The lowest BCUT2D eigenvalue weighted by Gasteiger charge is -2.24. The fourth-order valence-corrected chi connectivity index (χ4v) is 3.98. The van der Waals surface area contributed by atoms with Crippen molar-refractivity contribution in [1.29, 1.82) is 0 Å². The van der Waals surface area contributed by atoms with Crippen LogP contribution in [0.2, 0.25) is 0 Å². The molecule has 0 radical (unpaired) electrons. The molecule has 1 atom stereocenters. The summed E-state index contributed by atoms with van der Waals surface area (Å²) in [6.07, 6.45) is 2.17. The molecular weight excluding hydrogens is 276 g/mol. The van der Waals surface area contributed by atoms with Gasteiger partial charge in [0.2, 0.25) is 0 Å². The van der Waals surface area contributed by atoms with Crippen LogP contribution in [0.1, 0.15) is 28.6 Å². The maximum Gasteiger partial charge on any atom is 0.318 e. The number of carbonyl (C=O) groups excluding carboxylic acids is 1. The fourth-order valence-electron chi connectivity index (χ4n) is 2.46. The summed E-state index contributed by atoms with van der Waals surface area (Å²) >= 11 is 3.41. The molecule has 0 saturated carbocycles. The monoisotopic (exact) mass is 292 g/mol. The normalized spacial score (nSPS) is 18.7. The van der Waals surface area contributed by atoms with Gasteiger partial charge in [0.25, 0.3) is 0 Å². The quantitative estimate of drug-likeness (QED) is 0.915. The van der Waals surface area contributed by atoms with E-state index in [0.717, 1.165) is 19.4 Å². The number of nitrogens with zero attached hydrogens (tertiary/aromatic N) is 1. The highest BCUT2D eigenvalue weighted by Gasteiger charge is 2.30. The Kier molecular flexibility index (Phi) is 3.84. The van der Waals surface area contributed by atoms with Gasteiger partial charge in [-0.1, -0.05) is 12.1 Å². The number of rotatable bonds is 3. The molecule has 1 saturated heterocycles. The van der Waals surface area contributed by atoms with E-state index in [0.29, 0.717) is 6.54 Å². The first kappa shape index (κ1) is 12.7. The van der Waals surface area contributed by atoms with E-state index in [4.69, 9.17) is 0 Å². The first-order valence-corrected chi connectivity index (χ1v) is 8.21. The Balaban J connectivity index is 1.62. The predicted octanol–water partition coefficient (Wildman–Crippen LogP) is 3.86. The minimum Gasteiger partial charge on any atom is -0.333 e. The first-order valence-electron chi connectivity index (χ1n) is 6.45. The van der Waals surface area contributed by atoms with Crippen molar-refractivity contribution in [2.45, 2.75) is 25.4 Å². The molecule has 2 amide bonds. The zero-order chi connectivity index (χ0) is 13.1. The molecule has 3 heterocycles. The number of hydrogen-bond donors (Lipinski definition) is 1. The summed E-state index contributed by atoms with van der Waals surface area (Å²) in [5.74, 6) is 0. The van der Waals surface area contributed by atoms with Crippen molar-refractivity contribution in [2.75, 3.05) is 6.54 Å². The van der Waals surface area contributed by atoms with Crippen LogP contribution in [0.4, 0.5) is 4.79 Å². The van der Waals surface area contributed by atoms with Gasteiger partial charge in [-0.3, -0.25) is 0 Å². The molecule has 5 heteroatoms. The summed E-state index contributed by atoms with van der Waals surface area (Å²) in [6.45, 7) is 1.49. The average Bonchev–Trinajstić information content (AvgIpc) is 3.14. The third-order valence-corrected chi connectivity index (χ3v) is 5.23. The third-order valence-electron chi connectivity index (χ3n) is 3.38. The molecule has 1 aliphatic heterocycles. The van der Waals surface area contributed by atoms with Crippen LogP contribution >= 0.6 is 22.7 Å². The summed E-state index contributed by atoms with van der Waals surface area (Å²) in [5, 5.41) is 7.13. The minimum atomic E-state index is 0.0595. The molecule has 0 aliphatic carbocycles. The smallest absolute Gasteiger partial charge is 0.318 e. The summed E-state index contributed by atoms with van der Waals surface area (Å²) in [6, 6.07) is 8.57. The average molecular weight is 292 g/mol. The molecule has 19 heavy (non-hydrogen) atoms. The molecule has 100 valence electrons. The van der Waals surface area contributed by atoms with E-state index in [-0.39, 0.29) is 12.1 Å². The second-order valence-electron chi connectivity index (χ2n) is 4.60. The number of amides is 2. The summed E-state index contributed by atoms with van der Waals surface area (Å²) in [4.78, 5) is 16.7. The Labute approximate surface area is 120 Å². The summed E-state index contributed by atoms with van der Waals surface area (Å²) in [7, 11) is 0. The molecule has 3 rings (SSSR count). The van der Waals surface area contributed by atoms with Crippen LogP contribution in [0.25, 0.3) is 0 Å². The maximum absolute atomic E-state index is 12.3. The Morgan fingerprint density at radius 1 is 1.32 bits per heavy atom. The number of hydrogen-bond acceptors (Lipinski definition) is 3. The maximum atomic E-state index is 12.3. The molecular formula is C14H16N2OS2. The van der Waals surface area contributed by atoms with Crippen LogP contribution in [0.15, 0.2) is 35.0 Å². The molecule has 0 bridgehead atoms. The van der Waals surface area contributed by atoms with Crippen LogP contribution in [0.3, 0.4) is 0 Å². The Morgan fingerprint density at radius 2 is 2.16 bits per heavy atom. The molecule has 2 aromatic rings. The van der Waals surface area contributed by atoms with Crippen LogP contribution in [0, 0.1) is 0 Å². The van der Waals surface area contributed by atoms with Gasteiger partial charge in [0, 0.05) is 16.3 Å². The highest BCUT2D eigenvalue weighted by Crippen LogP contribution is 2.34. The molecule has 1 N–H and O–H groups in total. The van der Waals surface area contributed by atoms with E-state index in [1.54, 1.807) is 22.7 Å². The van der Waals surface area contributed by atoms with Gasteiger partial charge in [0.05, 0.1) is 12.6 Å². The van der Waals surface area contributed by atoms with Crippen molar-refractivity contribution in [3.05, 3.63) is 44.8 Å². The largest absolute Gasteiger partial charge is 0.333 e. The van der Waals surface area contributed by atoms with E-state index < -0.39 is 0 Å². The lowest BCUT2D eigenvalue weighted by atomic mass is 10.2. The van der Waals surface area contributed by atoms with Crippen molar-refractivity contribution in [2.24, 2.45) is 0 Å². The Bertz CT molecular complexity index is 522. The topological polar surface area (TPSA) is 32.3 Å².